The average Bonchev–Trinajstić information content (AvgIpc) is 2.92. The first kappa shape index (κ1) is 19.3. The first-order valence-electron chi connectivity index (χ1n) is 6.97. The Morgan fingerprint density at radius 3 is 1.71 bits per heavy atom. The van der Waals surface area contributed by atoms with Gasteiger partial charge in [-0.1, -0.05) is 36.4 Å². The lowest BCUT2D eigenvalue weighted by Gasteiger charge is -2.37. The maximum Gasteiger partial charge on any atom is 0.426 e. The van der Waals surface area contributed by atoms with Crippen molar-refractivity contribution in [2.45, 2.75) is 61.4 Å². The fourth-order valence-electron chi connectivity index (χ4n) is 3.35. The predicted octanol–water partition coefficient (Wildman–Crippen LogP) is 5.11. The van der Waals surface area contributed by atoms with Crippen LogP contribution < -0.4 is 0 Å². The largest absolute Gasteiger partial charge is 0.426 e. The normalized spacial score (nSPS) is 32.9. The lowest BCUT2D eigenvalue weighted by Crippen LogP contribution is -2.58. The second-order valence-corrected chi connectivity index (χ2v) is 6.94. The molecule has 2 rings (SSSR count). The van der Waals surface area contributed by atoms with E-state index < -0.39 is 30.3 Å². The van der Waals surface area contributed by atoms with Gasteiger partial charge in [-0.3, -0.25) is 0 Å². The van der Waals surface area contributed by atoms with Crippen LogP contribution in [0.3, 0.4) is 0 Å². The first-order valence-corrected chi connectivity index (χ1v) is 8.22. The van der Waals surface area contributed by atoms with Crippen molar-refractivity contribution in [1.29, 1.82) is 0 Å². The molecule has 126 valence electrons. The highest BCUT2D eigenvalue weighted by Crippen LogP contribution is 2.57. The van der Waals surface area contributed by atoms with Gasteiger partial charge in [-0.05, 0) is 43.4 Å². The van der Waals surface area contributed by atoms with Crippen LogP contribution in [-0.2, 0) is 0 Å². The minimum atomic E-state index is -5.69. The molecular formula is C13H19F6IO. The van der Waals surface area contributed by atoms with Crippen molar-refractivity contribution in [3.8, 4) is 0 Å². The Labute approximate surface area is 133 Å². The summed E-state index contributed by atoms with van der Waals surface area (Å²) in [6, 6.07) is 0. The van der Waals surface area contributed by atoms with E-state index >= 15 is 0 Å². The number of aliphatic hydroxyl groups is 1. The van der Waals surface area contributed by atoms with Crippen LogP contribution in [0.5, 0.6) is 0 Å². The van der Waals surface area contributed by atoms with Gasteiger partial charge in [0.15, 0.2) is 0 Å². The van der Waals surface area contributed by atoms with Crippen LogP contribution in [0.25, 0.3) is 0 Å². The quantitative estimate of drug-likeness (QED) is 0.366. The van der Waals surface area contributed by atoms with E-state index in [-0.39, 0.29) is 15.8 Å². The highest BCUT2D eigenvalue weighted by Gasteiger charge is 2.71. The van der Waals surface area contributed by atoms with Gasteiger partial charge in [0.05, 0.1) is 0 Å². The molecule has 2 aliphatic rings. The summed E-state index contributed by atoms with van der Waals surface area (Å²) in [6.07, 6.45) is -10.4. The van der Waals surface area contributed by atoms with Crippen LogP contribution in [0.1, 0.15) is 39.5 Å². The molecule has 0 heterocycles. The molecule has 1 nitrogen and oxygen atoms in total. The van der Waals surface area contributed by atoms with E-state index in [1.165, 1.54) is 0 Å². The zero-order valence-corrected chi connectivity index (χ0v) is 13.9. The predicted molar refractivity (Wildman–Crippen MR) is 75.2 cm³/mol. The molecule has 0 radical (unpaired) electrons. The fourth-order valence-corrected chi connectivity index (χ4v) is 4.85. The number of halogens is 7. The fraction of sp³-hybridized carbons (Fsp3) is 1.00. The summed E-state index contributed by atoms with van der Waals surface area (Å²) in [7, 11) is 0. The maximum atomic E-state index is 12.7. The van der Waals surface area contributed by atoms with Crippen molar-refractivity contribution in [3.05, 3.63) is 0 Å². The van der Waals surface area contributed by atoms with Gasteiger partial charge >= 0.3 is 12.4 Å². The highest BCUT2D eigenvalue weighted by atomic mass is 127. The topological polar surface area (TPSA) is 20.2 Å². The first-order chi connectivity index (χ1) is 9.47. The second kappa shape index (κ2) is 6.41. The molecule has 8 heteroatoms. The summed E-state index contributed by atoms with van der Waals surface area (Å²) < 4.78 is 75.7. The molecule has 2 aliphatic carbocycles. The Bertz CT molecular complexity index is 338. The third-order valence-electron chi connectivity index (χ3n) is 4.45. The highest BCUT2D eigenvalue weighted by molar-refractivity contribution is 14.1. The van der Waals surface area contributed by atoms with Gasteiger partial charge in [0.25, 0.3) is 5.60 Å². The maximum absolute atomic E-state index is 12.7. The standard InChI is InChI=1S/C11H13F6IO.C2H6/c12-10(13,14)9(19,11(15,16)17)4-7-5-1-2-6(3-5)8(7)18;1-2/h5-8,19H,1-4H2;1-2H3. The molecule has 0 amide bonds. The van der Waals surface area contributed by atoms with Crippen LogP contribution in [0.15, 0.2) is 0 Å². The van der Waals surface area contributed by atoms with E-state index in [0.717, 1.165) is 6.42 Å². The third-order valence-corrected chi connectivity index (χ3v) is 6.39. The van der Waals surface area contributed by atoms with Crippen LogP contribution in [0.4, 0.5) is 26.3 Å². The van der Waals surface area contributed by atoms with Gasteiger partial charge in [-0.2, -0.15) is 26.3 Å². The second-order valence-electron chi connectivity index (χ2n) is 5.50. The van der Waals surface area contributed by atoms with Crippen molar-refractivity contribution in [3.63, 3.8) is 0 Å². The molecule has 0 aromatic heterocycles. The molecule has 0 aromatic carbocycles. The molecule has 0 saturated heterocycles. The summed E-state index contributed by atoms with van der Waals surface area (Å²) in [4.78, 5) is 0. The van der Waals surface area contributed by atoms with E-state index in [4.69, 9.17) is 0 Å². The lowest BCUT2D eigenvalue weighted by atomic mass is 9.79. The summed E-state index contributed by atoms with van der Waals surface area (Å²) in [5.41, 5.74) is -4.58. The van der Waals surface area contributed by atoms with E-state index in [1.807, 2.05) is 36.4 Å². The zero-order chi connectivity index (χ0) is 16.6. The van der Waals surface area contributed by atoms with E-state index in [9.17, 15) is 31.4 Å². The molecule has 0 spiro atoms. The monoisotopic (exact) mass is 432 g/mol. The Morgan fingerprint density at radius 2 is 1.38 bits per heavy atom. The Morgan fingerprint density at radius 1 is 0.952 bits per heavy atom. The van der Waals surface area contributed by atoms with E-state index in [0.29, 0.717) is 12.8 Å². The summed E-state index contributed by atoms with van der Waals surface area (Å²) in [6.45, 7) is 4.00. The van der Waals surface area contributed by atoms with Crippen LogP contribution in [0, 0.1) is 17.8 Å². The molecule has 2 bridgehead atoms. The Hall–Kier alpha value is 0.270. The molecule has 2 saturated carbocycles. The third kappa shape index (κ3) is 3.45. The molecule has 4 unspecified atom stereocenters. The van der Waals surface area contributed by atoms with Gasteiger partial charge in [0.2, 0.25) is 0 Å². The summed E-state index contributed by atoms with van der Waals surface area (Å²) in [5, 5.41) is 9.24. The number of rotatable bonds is 2. The number of fused-ring (bicyclic) bond motifs is 2. The van der Waals surface area contributed by atoms with Crippen LogP contribution in [0.2, 0.25) is 0 Å². The van der Waals surface area contributed by atoms with Crippen molar-refractivity contribution in [2.75, 3.05) is 0 Å². The van der Waals surface area contributed by atoms with Gasteiger partial charge < -0.3 is 5.11 Å². The number of alkyl halides is 7. The molecule has 1 N–H and O–H groups in total. The van der Waals surface area contributed by atoms with Crippen molar-refractivity contribution < 1.29 is 31.4 Å². The molecule has 0 aromatic rings. The van der Waals surface area contributed by atoms with Gasteiger partial charge in [-0.25, -0.2) is 0 Å². The smallest absolute Gasteiger partial charge is 0.374 e. The minimum Gasteiger partial charge on any atom is -0.374 e. The van der Waals surface area contributed by atoms with Gasteiger partial charge in [0, 0.05) is 3.92 Å². The van der Waals surface area contributed by atoms with Gasteiger partial charge in [0.1, 0.15) is 0 Å². The number of hydrogen-bond acceptors (Lipinski definition) is 1. The van der Waals surface area contributed by atoms with Crippen LogP contribution >= 0.6 is 22.6 Å². The van der Waals surface area contributed by atoms with Crippen molar-refractivity contribution in [2.24, 2.45) is 17.8 Å². The average molecular weight is 432 g/mol. The number of hydrogen-bond donors (Lipinski definition) is 1. The molecule has 2 fully saturated rings. The SMILES string of the molecule is CC.OC(CC1C2CCC(C2)C1I)(C(F)(F)F)C(F)(F)F. The Balaban J connectivity index is 0.00000106. The minimum absolute atomic E-state index is 0.122. The lowest BCUT2D eigenvalue weighted by molar-refractivity contribution is -0.373. The molecule has 4 atom stereocenters. The molecular weight excluding hydrogens is 413 g/mol. The summed E-state index contributed by atoms with van der Waals surface area (Å²) in [5.74, 6) is -0.642. The Kier molecular flexibility index (Phi) is 5.90. The molecule has 21 heavy (non-hydrogen) atoms. The van der Waals surface area contributed by atoms with E-state index in [1.54, 1.807) is 0 Å². The van der Waals surface area contributed by atoms with Gasteiger partial charge in [-0.15, -0.1) is 0 Å². The molecule has 0 aliphatic heterocycles. The zero-order valence-electron chi connectivity index (χ0n) is 11.7. The van der Waals surface area contributed by atoms with Crippen LogP contribution in [-0.4, -0.2) is 27.0 Å². The van der Waals surface area contributed by atoms with E-state index in [2.05, 4.69) is 0 Å². The van der Waals surface area contributed by atoms with Crippen molar-refractivity contribution in [1.82, 2.24) is 0 Å². The summed E-state index contributed by atoms with van der Waals surface area (Å²) >= 11 is 1.94. The van der Waals surface area contributed by atoms with Crippen molar-refractivity contribution >= 4 is 22.6 Å².